The first-order valence-corrected chi connectivity index (χ1v) is 12.7. The molecule has 1 saturated carbocycles. The SMILES string of the molecule is CC=Nc1ccc(C#N)cc1C.CCc1ccccc1N(CC1(C)CCC(F)(F)C(CC)C1)C(C)=O. The Kier molecular flexibility index (Phi) is 10.3. The monoisotopic (exact) mass is 495 g/mol. The van der Waals surface area contributed by atoms with Gasteiger partial charge >= 0.3 is 0 Å². The average molecular weight is 496 g/mol. The Labute approximate surface area is 215 Å². The van der Waals surface area contributed by atoms with E-state index in [2.05, 4.69) is 24.9 Å². The molecule has 0 heterocycles. The molecule has 2 aromatic carbocycles. The van der Waals surface area contributed by atoms with Gasteiger partial charge in [0.25, 0.3) is 5.92 Å². The second-order valence-corrected chi connectivity index (χ2v) is 9.97. The maximum absolute atomic E-state index is 14.1. The van der Waals surface area contributed by atoms with E-state index < -0.39 is 11.8 Å². The van der Waals surface area contributed by atoms with E-state index in [1.54, 1.807) is 24.1 Å². The zero-order valence-electron chi connectivity index (χ0n) is 22.4. The highest BCUT2D eigenvalue weighted by molar-refractivity contribution is 5.92. The summed E-state index contributed by atoms with van der Waals surface area (Å²) in [4.78, 5) is 18.2. The van der Waals surface area contributed by atoms with Gasteiger partial charge in [-0.1, -0.05) is 39.0 Å². The molecule has 0 aromatic heterocycles. The highest BCUT2D eigenvalue weighted by atomic mass is 19.3. The summed E-state index contributed by atoms with van der Waals surface area (Å²) in [6.07, 6.45) is 3.90. The van der Waals surface area contributed by atoms with Gasteiger partial charge in [0.2, 0.25) is 5.91 Å². The van der Waals surface area contributed by atoms with Crippen molar-refractivity contribution in [3.63, 3.8) is 0 Å². The van der Waals surface area contributed by atoms with Gasteiger partial charge in [-0.3, -0.25) is 9.79 Å². The number of carbonyl (C=O) groups is 1. The van der Waals surface area contributed by atoms with Gasteiger partial charge in [0.05, 0.1) is 17.3 Å². The number of halogens is 2. The lowest BCUT2D eigenvalue weighted by Gasteiger charge is -2.44. The number of hydrogen-bond donors (Lipinski definition) is 0. The molecule has 1 aliphatic rings. The van der Waals surface area contributed by atoms with E-state index in [0.717, 1.165) is 28.9 Å². The first-order chi connectivity index (χ1) is 17.0. The van der Waals surface area contributed by atoms with Crippen LogP contribution in [0.2, 0.25) is 0 Å². The van der Waals surface area contributed by atoms with Gasteiger partial charge in [0.15, 0.2) is 0 Å². The van der Waals surface area contributed by atoms with Crippen LogP contribution in [0.25, 0.3) is 0 Å². The Balaban J connectivity index is 0.000000319. The van der Waals surface area contributed by atoms with Gasteiger partial charge in [0.1, 0.15) is 0 Å². The van der Waals surface area contributed by atoms with Gasteiger partial charge in [-0.2, -0.15) is 5.26 Å². The number of para-hydroxylation sites is 1. The summed E-state index contributed by atoms with van der Waals surface area (Å²) in [5.74, 6) is -3.19. The first-order valence-electron chi connectivity index (χ1n) is 12.7. The molecule has 3 rings (SSSR count). The van der Waals surface area contributed by atoms with Crippen LogP contribution in [0.3, 0.4) is 0 Å². The molecule has 2 aromatic rings. The van der Waals surface area contributed by atoms with E-state index in [9.17, 15) is 13.6 Å². The molecule has 2 unspecified atom stereocenters. The lowest BCUT2D eigenvalue weighted by atomic mass is 9.68. The number of carbonyl (C=O) groups excluding carboxylic acids is 1. The lowest BCUT2D eigenvalue weighted by molar-refractivity contribution is -0.120. The quantitative estimate of drug-likeness (QED) is 0.381. The number of benzene rings is 2. The van der Waals surface area contributed by atoms with Crippen LogP contribution >= 0.6 is 0 Å². The van der Waals surface area contributed by atoms with Gasteiger partial charge < -0.3 is 4.90 Å². The van der Waals surface area contributed by atoms with E-state index in [-0.39, 0.29) is 17.7 Å². The standard InChI is InChI=1S/C20H29F2NO.C10H10N2/c1-5-16-9-7-8-10-18(16)23(15(3)24)14-19(4)11-12-20(21,22)17(6-2)13-19;1-3-12-10-5-4-9(7-11)6-8(10)2/h7-10,17H,5-6,11-14H2,1-4H3;3-6H,1-2H3. The molecule has 0 radical (unpaired) electrons. The number of nitrogens with zero attached hydrogens (tertiary/aromatic N) is 3. The molecule has 6 heteroatoms. The molecule has 2 atom stereocenters. The predicted molar refractivity (Wildman–Crippen MR) is 144 cm³/mol. The minimum atomic E-state index is -2.57. The maximum Gasteiger partial charge on any atom is 0.250 e. The fourth-order valence-electron chi connectivity index (χ4n) is 4.94. The van der Waals surface area contributed by atoms with Crippen LogP contribution < -0.4 is 4.90 Å². The van der Waals surface area contributed by atoms with Crippen molar-refractivity contribution < 1.29 is 13.6 Å². The van der Waals surface area contributed by atoms with Gasteiger partial charge in [-0.15, -0.1) is 0 Å². The second kappa shape index (κ2) is 12.8. The lowest BCUT2D eigenvalue weighted by Crippen LogP contribution is -2.46. The van der Waals surface area contributed by atoms with E-state index >= 15 is 0 Å². The Hall–Kier alpha value is -3.07. The maximum atomic E-state index is 14.1. The van der Waals surface area contributed by atoms with Crippen molar-refractivity contribution in [2.75, 3.05) is 11.4 Å². The molecule has 194 valence electrons. The van der Waals surface area contributed by atoms with E-state index in [4.69, 9.17) is 5.26 Å². The fraction of sp³-hybridized carbons (Fsp3) is 0.500. The molecule has 36 heavy (non-hydrogen) atoms. The normalized spacial score (nSPS) is 20.8. The summed E-state index contributed by atoms with van der Waals surface area (Å²) in [6.45, 7) is 11.8. The molecule has 4 nitrogen and oxygen atoms in total. The van der Waals surface area contributed by atoms with Crippen molar-refractivity contribution in [2.45, 2.75) is 79.6 Å². The van der Waals surface area contributed by atoms with Crippen LogP contribution in [-0.2, 0) is 11.2 Å². The van der Waals surface area contributed by atoms with Crippen LogP contribution in [0.5, 0.6) is 0 Å². The van der Waals surface area contributed by atoms with Crippen LogP contribution in [0.4, 0.5) is 20.2 Å². The molecular formula is C30H39F2N3O. The third kappa shape index (κ3) is 7.46. The van der Waals surface area contributed by atoms with E-state index in [0.29, 0.717) is 31.4 Å². The number of anilines is 1. The number of hydrogen-bond acceptors (Lipinski definition) is 3. The van der Waals surface area contributed by atoms with Gasteiger partial charge in [-0.25, -0.2) is 8.78 Å². The van der Waals surface area contributed by atoms with E-state index in [1.165, 1.54) is 0 Å². The Morgan fingerprint density at radius 3 is 2.47 bits per heavy atom. The molecule has 0 N–H and O–H groups in total. The summed E-state index contributed by atoms with van der Waals surface area (Å²) in [5, 5.41) is 8.59. The molecular weight excluding hydrogens is 456 g/mol. The summed E-state index contributed by atoms with van der Waals surface area (Å²) in [6, 6.07) is 15.4. The minimum Gasteiger partial charge on any atom is -0.312 e. The summed E-state index contributed by atoms with van der Waals surface area (Å²) in [7, 11) is 0. The second-order valence-electron chi connectivity index (χ2n) is 9.97. The predicted octanol–water partition coefficient (Wildman–Crippen LogP) is 8.04. The molecule has 0 spiro atoms. The minimum absolute atomic E-state index is 0.0255. The number of aliphatic imine (C=N–C) groups is 1. The van der Waals surface area contributed by atoms with Crippen LogP contribution in [0.1, 0.15) is 77.0 Å². The fourth-order valence-corrected chi connectivity index (χ4v) is 4.94. The van der Waals surface area contributed by atoms with Crippen molar-refractivity contribution in [3.8, 4) is 6.07 Å². The van der Waals surface area contributed by atoms with Gasteiger partial charge in [-0.05, 0) is 80.3 Å². The average Bonchev–Trinajstić information content (AvgIpc) is 2.86. The zero-order chi connectivity index (χ0) is 26.9. The third-order valence-corrected chi connectivity index (χ3v) is 7.07. The number of aryl methyl sites for hydroxylation is 2. The highest BCUT2D eigenvalue weighted by Gasteiger charge is 2.48. The van der Waals surface area contributed by atoms with Crippen molar-refractivity contribution >= 4 is 23.5 Å². The largest absolute Gasteiger partial charge is 0.312 e. The summed E-state index contributed by atoms with van der Waals surface area (Å²) < 4.78 is 28.1. The molecule has 1 amide bonds. The molecule has 0 aliphatic heterocycles. The van der Waals surface area contributed by atoms with Crippen molar-refractivity contribution in [3.05, 3.63) is 59.2 Å². The Morgan fingerprint density at radius 1 is 1.22 bits per heavy atom. The zero-order valence-corrected chi connectivity index (χ0v) is 22.4. The number of amides is 1. The van der Waals surface area contributed by atoms with Crippen LogP contribution in [0.15, 0.2) is 47.5 Å². The molecule has 1 fully saturated rings. The Morgan fingerprint density at radius 2 is 1.92 bits per heavy atom. The third-order valence-electron chi connectivity index (χ3n) is 7.07. The van der Waals surface area contributed by atoms with Crippen LogP contribution in [0, 0.1) is 29.6 Å². The molecule has 1 aliphatic carbocycles. The number of rotatable bonds is 6. The Bertz CT molecular complexity index is 1110. The molecule has 0 saturated heterocycles. The topological polar surface area (TPSA) is 56.5 Å². The van der Waals surface area contributed by atoms with Crippen molar-refractivity contribution in [1.29, 1.82) is 5.26 Å². The first kappa shape index (κ1) is 29.2. The van der Waals surface area contributed by atoms with E-state index in [1.807, 2.05) is 57.2 Å². The van der Waals surface area contributed by atoms with Crippen LogP contribution in [-0.4, -0.2) is 24.6 Å². The smallest absolute Gasteiger partial charge is 0.250 e. The van der Waals surface area contributed by atoms with Crippen molar-refractivity contribution in [1.82, 2.24) is 0 Å². The highest BCUT2D eigenvalue weighted by Crippen LogP contribution is 2.49. The van der Waals surface area contributed by atoms with Crippen molar-refractivity contribution in [2.24, 2.45) is 16.3 Å². The molecule has 0 bridgehead atoms. The number of nitriles is 1. The summed E-state index contributed by atoms with van der Waals surface area (Å²) in [5.41, 5.74) is 4.41. The number of alkyl halides is 2. The van der Waals surface area contributed by atoms with Gasteiger partial charge in [0, 0.05) is 37.7 Å². The summed E-state index contributed by atoms with van der Waals surface area (Å²) >= 11 is 0.